The molecule has 0 radical (unpaired) electrons. The van der Waals surface area contributed by atoms with Crippen molar-refractivity contribution < 1.29 is 4.42 Å². The van der Waals surface area contributed by atoms with E-state index in [0.29, 0.717) is 0 Å². The van der Waals surface area contributed by atoms with Crippen LogP contribution in [0.5, 0.6) is 0 Å². The lowest BCUT2D eigenvalue weighted by Gasteiger charge is -2.11. The Balaban J connectivity index is 1.13. The SMILES string of the molecule is c1ccc(-n2c3oc4ccccc4c3c3cccc(-c4ccc5c(c4)sc4cc(-n6c7ccccc7c7ccccc76)ccc45)c32)cc1. The Morgan fingerprint density at radius 2 is 1.08 bits per heavy atom. The fraction of sp³-hybridized carbons (Fsp3) is 0. The fourth-order valence-electron chi connectivity index (χ4n) is 7.87. The van der Waals surface area contributed by atoms with Gasteiger partial charge in [-0.3, -0.25) is 4.57 Å². The summed E-state index contributed by atoms with van der Waals surface area (Å²) in [6.45, 7) is 0. The minimum absolute atomic E-state index is 0.880. The Kier molecular flexibility index (Phi) is 5.26. The molecule has 0 spiro atoms. The number of furan rings is 1. The third-order valence-electron chi connectivity index (χ3n) is 9.93. The first-order valence-electron chi connectivity index (χ1n) is 16.3. The summed E-state index contributed by atoms with van der Waals surface area (Å²) in [6.07, 6.45) is 0. The maximum absolute atomic E-state index is 6.58. The van der Waals surface area contributed by atoms with E-state index in [4.69, 9.17) is 4.42 Å². The number of hydrogen-bond acceptors (Lipinski definition) is 2. The summed E-state index contributed by atoms with van der Waals surface area (Å²) in [7, 11) is 0. The van der Waals surface area contributed by atoms with E-state index in [-0.39, 0.29) is 0 Å². The molecule has 0 aliphatic heterocycles. The largest absolute Gasteiger partial charge is 0.439 e. The number of aromatic nitrogens is 2. The van der Waals surface area contributed by atoms with Crippen LogP contribution in [0.4, 0.5) is 0 Å². The molecule has 0 fully saturated rings. The Bertz CT molecular complexity index is 3010. The first kappa shape index (κ1) is 26.0. The molecule has 0 atom stereocenters. The second kappa shape index (κ2) is 9.71. The van der Waals surface area contributed by atoms with Crippen molar-refractivity contribution in [2.75, 3.05) is 0 Å². The fourth-order valence-corrected chi connectivity index (χ4v) is 9.05. The third kappa shape index (κ3) is 3.52. The van der Waals surface area contributed by atoms with E-state index < -0.39 is 0 Å². The molecule has 11 rings (SSSR count). The molecule has 3 nitrogen and oxygen atoms in total. The molecule has 0 amide bonds. The van der Waals surface area contributed by atoms with Gasteiger partial charge in [0, 0.05) is 58.7 Å². The lowest BCUT2D eigenvalue weighted by molar-refractivity contribution is 0.645. The Morgan fingerprint density at radius 1 is 0.438 bits per heavy atom. The molecule has 7 aromatic carbocycles. The summed E-state index contributed by atoms with van der Waals surface area (Å²) in [5.41, 5.74) is 10.1. The average Bonchev–Trinajstić information content (AvgIpc) is 3.88. The number of benzene rings is 7. The highest BCUT2D eigenvalue weighted by atomic mass is 32.1. The first-order chi connectivity index (χ1) is 23.8. The molecule has 0 saturated heterocycles. The molecule has 4 heteroatoms. The van der Waals surface area contributed by atoms with Crippen molar-refractivity contribution in [2.24, 2.45) is 0 Å². The predicted octanol–water partition coefficient (Wildman–Crippen LogP) is 12.7. The van der Waals surface area contributed by atoms with Gasteiger partial charge in [0.25, 0.3) is 0 Å². The highest BCUT2D eigenvalue weighted by molar-refractivity contribution is 7.25. The van der Waals surface area contributed by atoms with E-state index in [1.807, 2.05) is 17.4 Å². The lowest BCUT2D eigenvalue weighted by Crippen LogP contribution is -1.94. The normalized spacial score (nSPS) is 12.2. The van der Waals surface area contributed by atoms with Crippen LogP contribution in [0.3, 0.4) is 0 Å². The van der Waals surface area contributed by atoms with Gasteiger partial charge in [-0.2, -0.15) is 0 Å². The smallest absolute Gasteiger partial charge is 0.213 e. The number of hydrogen-bond donors (Lipinski definition) is 0. The van der Waals surface area contributed by atoms with Gasteiger partial charge in [-0.1, -0.05) is 109 Å². The summed E-state index contributed by atoms with van der Waals surface area (Å²) in [5, 5.41) is 8.64. The van der Waals surface area contributed by atoms with Gasteiger partial charge in [-0.25, -0.2) is 0 Å². The van der Waals surface area contributed by atoms with E-state index in [9.17, 15) is 0 Å². The first-order valence-corrected chi connectivity index (χ1v) is 17.1. The van der Waals surface area contributed by atoms with Crippen molar-refractivity contribution in [3.05, 3.63) is 158 Å². The quantitative estimate of drug-likeness (QED) is 0.190. The molecular formula is C44H26N2OS. The molecular weight excluding hydrogens is 605 g/mol. The minimum Gasteiger partial charge on any atom is -0.439 e. The highest BCUT2D eigenvalue weighted by Crippen LogP contribution is 2.44. The van der Waals surface area contributed by atoms with Crippen LogP contribution in [0.15, 0.2) is 162 Å². The molecule has 11 aromatic rings. The van der Waals surface area contributed by atoms with E-state index in [1.54, 1.807) is 0 Å². The Labute approximate surface area is 279 Å². The summed E-state index contributed by atoms with van der Waals surface area (Å²) in [5.74, 6) is 0. The summed E-state index contributed by atoms with van der Waals surface area (Å²) in [6, 6.07) is 56.9. The van der Waals surface area contributed by atoms with Gasteiger partial charge in [-0.15, -0.1) is 11.3 Å². The zero-order valence-electron chi connectivity index (χ0n) is 25.7. The maximum atomic E-state index is 6.58. The van der Waals surface area contributed by atoms with Gasteiger partial charge < -0.3 is 8.98 Å². The Morgan fingerprint density at radius 3 is 1.88 bits per heavy atom. The van der Waals surface area contributed by atoms with Crippen LogP contribution in [-0.2, 0) is 0 Å². The van der Waals surface area contributed by atoms with Gasteiger partial charge >= 0.3 is 0 Å². The van der Waals surface area contributed by atoms with E-state index >= 15 is 0 Å². The highest BCUT2D eigenvalue weighted by Gasteiger charge is 2.22. The zero-order valence-corrected chi connectivity index (χ0v) is 26.5. The van der Waals surface area contributed by atoms with Gasteiger partial charge in [0.15, 0.2) is 0 Å². The van der Waals surface area contributed by atoms with Crippen LogP contribution < -0.4 is 0 Å². The van der Waals surface area contributed by atoms with Crippen molar-refractivity contribution in [1.82, 2.24) is 9.13 Å². The molecule has 0 aliphatic rings. The standard InChI is InChI=1S/C44H26N2OS/c1-2-11-28(12-3-1)46-43-30(16-10-17-36(43)42-35-15-6-9-20-39(35)47-44(42)46)27-21-23-33-34-24-22-29(26-41(34)48-40(33)25-27)45-37-18-7-4-13-31(37)32-14-5-8-19-38(32)45/h1-26H. The van der Waals surface area contributed by atoms with Gasteiger partial charge in [0.05, 0.1) is 21.9 Å². The number of fused-ring (bicyclic) bond motifs is 11. The lowest BCUT2D eigenvalue weighted by atomic mass is 10.00. The molecule has 4 heterocycles. The minimum atomic E-state index is 0.880. The van der Waals surface area contributed by atoms with E-state index in [2.05, 4.69) is 161 Å². The van der Waals surface area contributed by atoms with Gasteiger partial charge in [-0.05, 0) is 54.1 Å². The third-order valence-corrected chi connectivity index (χ3v) is 11.0. The molecule has 0 unspecified atom stereocenters. The Hall–Kier alpha value is -6.10. The number of para-hydroxylation sites is 5. The van der Waals surface area contributed by atoms with E-state index in [1.165, 1.54) is 64.2 Å². The predicted molar refractivity (Wildman–Crippen MR) is 203 cm³/mol. The molecule has 0 aliphatic carbocycles. The maximum Gasteiger partial charge on any atom is 0.213 e. The second-order valence-corrected chi connectivity index (χ2v) is 13.6. The molecule has 4 aromatic heterocycles. The number of rotatable bonds is 3. The molecule has 48 heavy (non-hydrogen) atoms. The van der Waals surface area contributed by atoms with Crippen LogP contribution in [0.25, 0.3) is 97.5 Å². The summed E-state index contributed by atoms with van der Waals surface area (Å²) >= 11 is 1.87. The van der Waals surface area contributed by atoms with Crippen molar-refractivity contribution >= 4 is 86.3 Å². The molecule has 0 bridgehead atoms. The summed E-state index contributed by atoms with van der Waals surface area (Å²) < 4.78 is 13.9. The number of thiophene rings is 1. The van der Waals surface area contributed by atoms with Crippen molar-refractivity contribution in [3.63, 3.8) is 0 Å². The van der Waals surface area contributed by atoms with Crippen LogP contribution in [0, 0.1) is 0 Å². The average molecular weight is 631 g/mol. The van der Waals surface area contributed by atoms with Crippen LogP contribution in [0.2, 0.25) is 0 Å². The van der Waals surface area contributed by atoms with Crippen molar-refractivity contribution in [2.45, 2.75) is 0 Å². The second-order valence-electron chi connectivity index (χ2n) is 12.5. The van der Waals surface area contributed by atoms with Crippen LogP contribution >= 0.6 is 11.3 Å². The van der Waals surface area contributed by atoms with Crippen LogP contribution in [-0.4, -0.2) is 9.13 Å². The number of nitrogens with zero attached hydrogens (tertiary/aromatic N) is 2. The van der Waals surface area contributed by atoms with Crippen molar-refractivity contribution in [1.29, 1.82) is 0 Å². The zero-order chi connectivity index (χ0) is 31.3. The molecule has 224 valence electrons. The van der Waals surface area contributed by atoms with Crippen LogP contribution in [0.1, 0.15) is 0 Å². The summed E-state index contributed by atoms with van der Waals surface area (Å²) in [4.78, 5) is 0. The van der Waals surface area contributed by atoms with Gasteiger partial charge in [0.1, 0.15) is 5.58 Å². The monoisotopic (exact) mass is 630 g/mol. The van der Waals surface area contributed by atoms with E-state index in [0.717, 1.165) is 33.3 Å². The molecule has 0 N–H and O–H groups in total. The van der Waals surface area contributed by atoms with Gasteiger partial charge in [0.2, 0.25) is 5.71 Å². The molecule has 0 saturated carbocycles. The van der Waals surface area contributed by atoms with Crippen molar-refractivity contribution in [3.8, 4) is 22.5 Å². The topological polar surface area (TPSA) is 23.0 Å².